The molecule has 2 aromatic heterocycles. The number of carbonyl (C=O) groups excluding carboxylic acids is 3. The second-order valence-corrected chi connectivity index (χ2v) is 14.8. The van der Waals surface area contributed by atoms with Crippen molar-refractivity contribution >= 4 is 52.6 Å². The molecule has 7 rings (SSSR count). The van der Waals surface area contributed by atoms with Gasteiger partial charge in [0, 0.05) is 23.5 Å². The molecule has 11 nitrogen and oxygen atoms in total. The predicted octanol–water partition coefficient (Wildman–Crippen LogP) is 4.00. The van der Waals surface area contributed by atoms with Crippen LogP contribution in [0.4, 0.5) is 10.2 Å². The Morgan fingerprint density at radius 3 is 2.80 bits per heavy atom. The monoisotopic (exact) mass is 642 g/mol. The third kappa shape index (κ3) is 5.40. The van der Waals surface area contributed by atoms with Gasteiger partial charge in [-0.05, 0) is 85.2 Å². The summed E-state index contributed by atoms with van der Waals surface area (Å²) >= 11 is 1.18. The lowest BCUT2D eigenvalue weighted by atomic mass is 9.94. The van der Waals surface area contributed by atoms with E-state index >= 15 is 0 Å². The van der Waals surface area contributed by atoms with E-state index in [1.54, 1.807) is 34.2 Å². The maximum atomic E-state index is 14.2. The Morgan fingerprint density at radius 2 is 1.98 bits per heavy atom. The van der Waals surface area contributed by atoms with E-state index in [0.29, 0.717) is 64.4 Å². The highest BCUT2D eigenvalue weighted by Crippen LogP contribution is 2.53. The minimum Gasteiger partial charge on any atom is -0.488 e. The number of rotatable bonds is 6. The van der Waals surface area contributed by atoms with E-state index in [0.717, 1.165) is 19.3 Å². The Kier molecular flexibility index (Phi) is 7.47. The van der Waals surface area contributed by atoms with Gasteiger partial charge in [0.2, 0.25) is 11.8 Å². The average molecular weight is 643 g/mol. The average Bonchev–Trinajstić information content (AvgIpc) is 3.37. The molecule has 3 N–H and O–H groups in total. The molecule has 3 aliphatic heterocycles. The number of alkyl halides is 1. The van der Waals surface area contributed by atoms with Crippen LogP contribution >= 0.6 is 18.9 Å². The van der Waals surface area contributed by atoms with Gasteiger partial charge in [-0.1, -0.05) is 6.07 Å². The van der Waals surface area contributed by atoms with Gasteiger partial charge in [0.05, 0.1) is 17.3 Å². The van der Waals surface area contributed by atoms with Crippen molar-refractivity contribution in [3.8, 4) is 5.75 Å². The smallest absolute Gasteiger partial charge is 0.363 e. The van der Waals surface area contributed by atoms with Gasteiger partial charge >= 0.3 is 7.60 Å². The molecule has 2 saturated heterocycles. The normalized spacial score (nSPS) is 27.0. The summed E-state index contributed by atoms with van der Waals surface area (Å²) in [6.45, 7) is 0.833. The largest absolute Gasteiger partial charge is 0.488 e. The van der Waals surface area contributed by atoms with Crippen LogP contribution in [0.25, 0.3) is 10.1 Å². The second kappa shape index (κ2) is 11.2. The van der Waals surface area contributed by atoms with E-state index in [1.165, 1.54) is 29.5 Å². The standard InChI is InChI=1S/C30H32FN4O7PS/c31-26(43(39,40)41)16-3-6-24-19(10-16)14-25(44-24)28(36)33-15-20-12-17-11-18(17)13-21-4-5-22(35(21)29(20)37)30(38)34-8-9-42-23-2-1-7-32-27(23)34/h1-3,6-7,10,14,17-18,20-22,26H,4-5,8-9,11-13,15H2,(H,33,36)(H2,39,40,41)/t17-,18+,20?,21+,22-,26?/m0/s1. The lowest BCUT2D eigenvalue weighted by Crippen LogP contribution is -2.55. The fourth-order valence-corrected chi connectivity index (χ4v) is 8.55. The Hall–Kier alpha value is -3.38. The number of nitrogens with zero attached hydrogens (tertiary/aromatic N) is 3. The lowest BCUT2D eigenvalue weighted by Gasteiger charge is -2.37. The van der Waals surface area contributed by atoms with E-state index in [2.05, 4.69) is 10.3 Å². The molecular formula is C30H32FN4O7PS. The zero-order valence-electron chi connectivity index (χ0n) is 23.7. The third-order valence-corrected chi connectivity index (χ3v) is 11.3. The Balaban J connectivity index is 1.08. The zero-order chi connectivity index (χ0) is 30.7. The summed E-state index contributed by atoms with van der Waals surface area (Å²) in [4.78, 5) is 67.8. The number of pyridine rings is 1. The van der Waals surface area contributed by atoms with Crippen molar-refractivity contribution in [2.75, 3.05) is 24.6 Å². The van der Waals surface area contributed by atoms with Crippen LogP contribution < -0.4 is 15.0 Å². The molecule has 3 amide bonds. The molecule has 3 fully saturated rings. The summed E-state index contributed by atoms with van der Waals surface area (Å²) in [7, 11) is -4.96. The van der Waals surface area contributed by atoms with Crippen molar-refractivity contribution < 1.29 is 37.9 Å². The highest BCUT2D eigenvalue weighted by Gasteiger charge is 2.51. The summed E-state index contributed by atoms with van der Waals surface area (Å²) in [6, 6.07) is 8.66. The molecule has 3 aromatic rings. The van der Waals surface area contributed by atoms with Gasteiger partial charge in [0.1, 0.15) is 12.6 Å². The van der Waals surface area contributed by atoms with Crippen molar-refractivity contribution in [1.29, 1.82) is 0 Å². The summed E-state index contributed by atoms with van der Waals surface area (Å²) < 4.78 is 31.9. The number of hydrogen-bond donors (Lipinski definition) is 3. The Morgan fingerprint density at radius 1 is 1.16 bits per heavy atom. The summed E-state index contributed by atoms with van der Waals surface area (Å²) in [5, 5.41) is 3.41. The first kappa shape index (κ1) is 29.3. The number of aromatic nitrogens is 1. The number of nitrogens with one attached hydrogen (secondary N) is 1. The minimum absolute atomic E-state index is 0.0153. The van der Waals surface area contributed by atoms with Gasteiger partial charge in [-0.2, -0.15) is 0 Å². The maximum absolute atomic E-state index is 14.2. The Bertz CT molecular complexity index is 1700. The highest BCUT2D eigenvalue weighted by atomic mass is 32.1. The van der Waals surface area contributed by atoms with Crippen LogP contribution in [-0.4, -0.2) is 69.2 Å². The summed E-state index contributed by atoms with van der Waals surface area (Å²) in [6.07, 6.45) is 5.54. The molecule has 0 radical (unpaired) electrons. The first-order chi connectivity index (χ1) is 21.1. The molecule has 5 heterocycles. The van der Waals surface area contributed by atoms with Crippen LogP contribution in [0.5, 0.6) is 5.75 Å². The molecule has 6 atom stereocenters. The van der Waals surface area contributed by atoms with Crippen LogP contribution in [0.15, 0.2) is 42.6 Å². The number of anilines is 1. The molecule has 232 valence electrons. The van der Waals surface area contributed by atoms with E-state index < -0.39 is 25.5 Å². The van der Waals surface area contributed by atoms with Crippen molar-refractivity contribution in [1.82, 2.24) is 15.2 Å². The lowest BCUT2D eigenvalue weighted by molar-refractivity contribution is -0.144. The van der Waals surface area contributed by atoms with Gasteiger partial charge in [-0.15, -0.1) is 11.3 Å². The molecule has 1 aromatic carbocycles. The topological polar surface area (TPSA) is 149 Å². The van der Waals surface area contributed by atoms with E-state index in [1.807, 2.05) is 0 Å². The van der Waals surface area contributed by atoms with Crippen molar-refractivity contribution in [2.24, 2.45) is 17.8 Å². The number of benzene rings is 1. The molecule has 1 aliphatic carbocycles. The maximum Gasteiger partial charge on any atom is 0.363 e. The zero-order valence-corrected chi connectivity index (χ0v) is 25.4. The number of ether oxygens (including phenoxy) is 1. The van der Waals surface area contributed by atoms with Gasteiger partial charge in [0.15, 0.2) is 11.6 Å². The number of halogens is 1. The van der Waals surface area contributed by atoms with Gasteiger partial charge in [0.25, 0.3) is 11.8 Å². The molecule has 0 bridgehead atoms. The van der Waals surface area contributed by atoms with Crippen LogP contribution in [-0.2, 0) is 14.2 Å². The highest BCUT2D eigenvalue weighted by molar-refractivity contribution is 7.51. The molecule has 44 heavy (non-hydrogen) atoms. The predicted molar refractivity (Wildman–Crippen MR) is 160 cm³/mol. The van der Waals surface area contributed by atoms with Gasteiger partial charge < -0.3 is 24.7 Å². The van der Waals surface area contributed by atoms with Crippen molar-refractivity contribution in [2.45, 2.75) is 50.1 Å². The first-order valence-electron chi connectivity index (χ1n) is 14.8. The number of hydrogen-bond acceptors (Lipinski definition) is 7. The van der Waals surface area contributed by atoms with Crippen molar-refractivity contribution in [3.63, 3.8) is 0 Å². The summed E-state index contributed by atoms with van der Waals surface area (Å²) in [5.74, 6) is -1.61. The Labute approximate surface area is 256 Å². The van der Waals surface area contributed by atoms with E-state index in [9.17, 15) is 33.1 Å². The van der Waals surface area contributed by atoms with Crippen LogP contribution in [0.3, 0.4) is 0 Å². The van der Waals surface area contributed by atoms with Crippen molar-refractivity contribution in [3.05, 3.63) is 53.0 Å². The molecule has 4 aliphatic rings. The fourth-order valence-electron chi connectivity index (χ4n) is 7.04. The SMILES string of the molecule is O=C(NCC1C[C@@H]2C[C@@H]2C[C@H]2CC[C@@H](C(=O)N3CCOc4cccnc43)N2C1=O)c1cc2cc(C(F)P(=O)(O)O)ccc2s1. The van der Waals surface area contributed by atoms with E-state index in [-0.39, 0.29) is 35.9 Å². The van der Waals surface area contributed by atoms with E-state index in [4.69, 9.17) is 4.74 Å². The van der Waals surface area contributed by atoms with Gasteiger partial charge in [-0.25, -0.2) is 9.37 Å². The quantitative estimate of drug-likeness (QED) is 0.342. The fraction of sp³-hybridized carbons (Fsp3) is 0.467. The number of fused-ring (bicyclic) bond motifs is 4. The first-order valence-corrected chi connectivity index (χ1v) is 17.3. The molecule has 1 saturated carbocycles. The van der Waals surface area contributed by atoms with Crippen LogP contribution in [0.2, 0.25) is 0 Å². The number of carbonyl (C=O) groups is 3. The number of amides is 3. The molecule has 0 spiro atoms. The number of thiophene rings is 1. The minimum atomic E-state index is -4.96. The molecular weight excluding hydrogens is 610 g/mol. The third-order valence-electron chi connectivity index (χ3n) is 9.31. The second-order valence-electron chi connectivity index (χ2n) is 12.1. The van der Waals surface area contributed by atoms with Crippen LogP contribution in [0, 0.1) is 17.8 Å². The molecule has 2 unspecified atom stereocenters. The van der Waals surface area contributed by atoms with Crippen LogP contribution in [0.1, 0.15) is 53.3 Å². The van der Waals surface area contributed by atoms with Gasteiger partial charge in [-0.3, -0.25) is 23.8 Å². The molecule has 14 heteroatoms. The summed E-state index contributed by atoms with van der Waals surface area (Å²) in [5.41, 5.74) is -0.157.